The molecule has 104 valence electrons. The minimum atomic E-state index is -3.12. The number of rotatable bonds is 5. The zero-order chi connectivity index (χ0) is 14.4. The standard InChI is InChI=1S/C16H17NO2S/c1-20(18,19)16-11-9-15(10-12-16)17-13-5-8-14-6-3-2-4-7-14/h2-12,17H,13H2,1H3. The average molecular weight is 287 g/mol. The van der Waals surface area contributed by atoms with E-state index in [0.717, 1.165) is 11.3 Å². The molecule has 0 atom stereocenters. The summed E-state index contributed by atoms with van der Waals surface area (Å²) >= 11 is 0. The molecule has 2 aromatic rings. The van der Waals surface area contributed by atoms with Crippen molar-refractivity contribution < 1.29 is 8.42 Å². The Labute approximate surface area is 119 Å². The first-order valence-electron chi connectivity index (χ1n) is 6.31. The average Bonchev–Trinajstić information content (AvgIpc) is 2.44. The van der Waals surface area contributed by atoms with Gasteiger partial charge in [0, 0.05) is 18.5 Å². The maximum Gasteiger partial charge on any atom is 0.175 e. The normalized spacial score (nSPS) is 11.7. The van der Waals surface area contributed by atoms with Gasteiger partial charge in [-0.3, -0.25) is 0 Å². The molecule has 0 aliphatic rings. The molecule has 0 spiro atoms. The van der Waals surface area contributed by atoms with Crippen LogP contribution in [-0.4, -0.2) is 21.2 Å². The highest BCUT2D eigenvalue weighted by Crippen LogP contribution is 2.13. The van der Waals surface area contributed by atoms with Gasteiger partial charge >= 0.3 is 0 Å². The Morgan fingerprint density at radius 1 is 1.00 bits per heavy atom. The van der Waals surface area contributed by atoms with Crippen molar-refractivity contribution in [2.45, 2.75) is 4.90 Å². The lowest BCUT2D eigenvalue weighted by molar-refractivity contribution is 0.602. The van der Waals surface area contributed by atoms with E-state index in [0.29, 0.717) is 11.4 Å². The van der Waals surface area contributed by atoms with Crippen LogP contribution in [0.3, 0.4) is 0 Å². The summed E-state index contributed by atoms with van der Waals surface area (Å²) in [5.74, 6) is 0. The predicted molar refractivity (Wildman–Crippen MR) is 83.5 cm³/mol. The quantitative estimate of drug-likeness (QED) is 0.918. The molecule has 0 aromatic heterocycles. The molecule has 0 bridgehead atoms. The molecule has 3 nitrogen and oxygen atoms in total. The largest absolute Gasteiger partial charge is 0.382 e. The summed E-state index contributed by atoms with van der Waals surface area (Å²) in [6.45, 7) is 0.688. The van der Waals surface area contributed by atoms with Crippen LogP contribution in [0, 0.1) is 0 Å². The summed E-state index contributed by atoms with van der Waals surface area (Å²) in [6, 6.07) is 16.8. The van der Waals surface area contributed by atoms with Crippen LogP contribution in [0.25, 0.3) is 6.08 Å². The topological polar surface area (TPSA) is 46.2 Å². The SMILES string of the molecule is CS(=O)(=O)c1ccc(NCC=Cc2ccccc2)cc1. The van der Waals surface area contributed by atoms with Gasteiger partial charge in [-0.15, -0.1) is 0 Å². The van der Waals surface area contributed by atoms with Crippen molar-refractivity contribution in [2.24, 2.45) is 0 Å². The van der Waals surface area contributed by atoms with Gasteiger partial charge in [0.05, 0.1) is 4.90 Å². The fourth-order valence-corrected chi connectivity index (χ4v) is 2.39. The lowest BCUT2D eigenvalue weighted by Gasteiger charge is -2.04. The molecule has 0 unspecified atom stereocenters. The minimum Gasteiger partial charge on any atom is -0.382 e. The van der Waals surface area contributed by atoms with E-state index < -0.39 is 9.84 Å². The summed E-state index contributed by atoms with van der Waals surface area (Å²) in [6.07, 6.45) is 5.27. The van der Waals surface area contributed by atoms with Crippen LogP contribution in [0.1, 0.15) is 5.56 Å². The highest BCUT2D eigenvalue weighted by atomic mass is 32.2. The van der Waals surface area contributed by atoms with Crippen LogP contribution in [0.4, 0.5) is 5.69 Å². The molecule has 0 aliphatic carbocycles. The highest BCUT2D eigenvalue weighted by Gasteiger charge is 2.05. The van der Waals surface area contributed by atoms with Gasteiger partial charge in [0.2, 0.25) is 0 Å². The summed E-state index contributed by atoms with van der Waals surface area (Å²) < 4.78 is 22.7. The van der Waals surface area contributed by atoms with E-state index in [1.54, 1.807) is 24.3 Å². The summed E-state index contributed by atoms with van der Waals surface area (Å²) in [7, 11) is -3.12. The van der Waals surface area contributed by atoms with Gasteiger partial charge in [-0.05, 0) is 29.8 Å². The Morgan fingerprint density at radius 2 is 1.65 bits per heavy atom. The lowest BCUT2D eigenvalue weighted by Crippen LogP contribution is -2.00. The first-order valence-corrected chi connectivity index (χ1v) is 8.20. The summed E-state index contributed by atoms with van der Waals surface area (Å²) in [4.78, 5) is 0.336. The third kappa shape index (κ3) is 4.24. The van der Waals surface area contributed by atoms with Gasteiger partial charge in [0.15, 0.2) is 9.84 Å². The Balaban J connectivity index is 1.90. The molecule has 0 fully saturated rings. The minimum absolute atomic E-state index is 0.336. The maximum absolute atomic E-state index is 11.3. The Morgan fingerprint density at radius 3 is 2.25 bits per heavy atom. The van der Waals surface area contributed by atoms with Gasteiger partial charge in [0.1, 0.15) is 0 Å². The molecule has 2 rings (SSSR count). The lowest BCUT2D eigenvalue weighted by atomic mass is 10.2. The second-order valence-electron chi connectivity index (χ2n) is 4.49. The van der Waals surface area contributed by atoms with Crippen LogP contribution >= 0.6 is 0 Å². The number of sulfone groups is 1. The first kappa shape index (κ1) is 14.3. The van der Waals surface area contributed by atoms with E-state index in [9.17, 15) is 8.42 Å². The Hall–Kier alpha value is -2.07. The van der Waals surface area contributed by atoms with E-state index in [-0.39, 0.29) is 0 Å². The van der Waals surface area contributed by atoms with Crippen molar-refractivity contribution in [1.29, 1.82) is 0 Å². The first-order chi connectivity index (χ1) is 9.55. The van der Waals surface area contributed by atoms with Crippen molar-refractivity contribution >= 4 is 21.6 Å². The molecular formula is C16H17NO2S. The molecule has 4 heteroatoms. The zero-order valence-corrected chi connectivity index (χ0v) is 12.1. The monoisotopic (exact) mass is 287 g/mol. The predicted octanol–water partition coefficient (Wildman–Crippen LogP) is 3.22. The molecule has 0 saturated heterocycles. The molecule has 2 aromatic carbocycles. The number of benzene rings is 2. The van der Waals surface area contributed by atoms with Crippen molar-refractivity contribution in [3.8, 4) is 0 Å². The van der Waals surface area contributed by atoms with Gasteiger partial charge in [-0.2, -0.15) is 0 Å². The second kappa shape index (κ2) is 6.39. The van der Waals surface area contributed by atoms with Gasteiger partial charge in [-0.1, -0.05) is 42.5 Å². The number of hydrogen-bond donors (Lipinski definition) is 1. The van der Waals surface area contributed by atoms with Crippen LogP contribution in [0.5, 0.6) is 0 Å². The molecule has 0 saturated carbocycles. The fourth-order valence-electron chi connectivity index (χ4n) is 1.76. The van der Waals surface area contributed by atoms with Gasteiger partial charge < -0.3 is 5.32 Å². The van der Waals surface area contributed by atoms with Gasteiger partial charge in [0.25, 0.3) is 0 Å². The van der Waals surface area contributed by atoms with Crippen LogP contribution in [-0.2, 0) is 9.84 Å². The number of hydrogen-bond acceptors (Lipinski definition) is 3. The van der Waals surface area contributed by atoms with E-state index in [1.807, 2.05) is 42.5 Å². The van der Waals surface area contributed by atoms with E-state index >= 15 is 0 Å². The van der Waals surface area contributed by atoms with Crippen LogP contribution in [0.15, 0.2) is 65.6 Å². The molecular weight excluding hydrogens is 270 g/mol. The second-order valence-corrected chi connectivity index (χ2v) is 6.51. The Bertz CT molecular complexity index is 674. The van der Waals surface area contributed by atoms with Crippen molar-refractivity contribution in [3.05, 3.63) is 66.2 Å². The van der Waals surface area contributed by atoms with E-state index in [2.05, 4.69) is 5.32 Å². The third-order valence-corrected chi connectivity index (χ3v) is 3.94. The number of anilines is 1. The summed E-state index contributed by atoms with van der Waals surface area (Å²) in [5.41, 5.74) is 2.05. The molecule has 0 aliphatic heterocycles. The van der Waals surface area contributed by atoms with Crippen LogP contribution < -0.4 is 5.32 Å². The molecule has 0 amide bonds. The molecule has 0 heterocycles. The fraction of sp³-hybridized carbons (Fsp3) is 0.125. The van der Waals surface area contributed by atoms with Crippen molar-refractivity contribution in [1.82, 2.24) is 0 Å². The molecule has 0 radical (unpaired) electrons. The smallest absolute Gasteiger partial charge is 0.175 e. The maximum atomic E-state index is 11.3. The third-order valence-electron chi connectivity index (χ3n) is 2.82. The van der Waals surface area contributed by atoms with Crippen LogP contribution in [0.2, 0.25) is 0 Å². The van der Waals surface area contributed by atoms with Crippen molar-refractivity contribution in [2.75, 3.05) is 18.1 Å². The van der Waals surface area contributed by atoms with E-state index in [1.165, 1.54) is 6.26 Å². The van der Waals surface area contributed by atoms with Crippen molar-refractivity contribution in [3.63, 3.8) is 0 Å². The Kier molecular flexibility index (Phi) is 4.58. The van der Waals surface area contributed by atoms with E-state index in [4.69, 9.17) is 0 Å². The van der Waals surface area contributed by atoms with Gasteiger partial charge in [-0.25, -0.2) is 8.42 Å². The highest BCUT2D eigenvalue weighted by molar-refractivity contribution is 7.90. The molecule has 1 N–H and O–H groups in total. The molecule has 20 heavy (non-hydrogen) atoms. The summed E-state index contributed by atoms with van der Waals surface area (Å²) in [5, 5.41) is 3.21. The zero-order valence-electron chi connectivity index (χ0n) is 11.3. The number of nitrogens with one attached hydrogen (secondary N) is 1.